The normalized spacial score (nSPS) is 13.3. The van der Waals surface area contributed by atoms with Crippen LogP contribution in [-0.4, -0.2) is 37.0 Å². The predicted molar refractivity (Wildman–Crippen MR) is 129 cm³/mol. The molecule has 4 aromatic rings. The van der Waals surface area contributed by atoms with Gasteiger partial charge in [0, 0.05) is 18.2 Å². The van der Waals surface area contributed by atoms with Crippen LogP contribution in [0, 0.1) is 0 Å². The third-order valence-electron chi connectivity index (χ3n) is 6.15. The Balaban J connectivity index is 1.67. The molecule has 37 heavy (non-hydrogen) atoms. The van der Waals surface area contributed by atoms with Crippen molar-refractivity contribution in [1.82, 2.24) is 14.0 Å². The van der Waals surface area contributed by atoms with E-state index >= 15 is 0 Å². The van der Waals surface area contributed by atoms with Crippen LogP contribution >= 0.6 is 0 Å². The molecule has 0 bridgehead atoms. The summed E-state index contributed by atoms with van der Waals surface area (Å²) in [7, 11) is 0. The lowest BCUT2D eigenvalue weighted by Crippen LogP contribution is -2.39. The van der Waals surface area contributed by atoms with Crippen LogP contribution in [0.5, 0.6) is 5.88 Å². The summed E-state index contributed by atoms with van der Waals surface area (Å²) in [6.07, 6.45) is 3.74. The van der Waals surface area contributed by atoms with Crippen molar-refractivity contribution in [3.8, 4) is 17.6 Å². The van der Waals surface area contributed by atoms with Crippen molar-refractivity contribution in [2.24, 2.45) is 10.2 Å². The molecule has 4 heterocycles. The average molecular weight is 503 g/mol. The highest BCUT2D eigenvalue weighted by Gasteiger charge is 2.40. The van der Waals surface area contributed by atoms with E-state index in [-0.39, 0.29) is 34.6 Å². The predicted octanol–water partition coefficient (Wildman–Crippen LogP) is 4.08. The first kappa shape index (κ1) is 23.7. The third-order valence-corrected chi connectivity index (χ3v) is 6.15. The molecule has 0 radical (unpaired) electrons. The van der Waals surface area contributed by atoms with Gasteiger partial charge in [-0.15, -0.1) is 10.2 Å². The minimum atomic E-state index is -1.02. The number of carbonyl (C=O) groups is 2. The van der Waals surface area contributed by atoms with E-state index in [1.165, 1.54) is 53.8 Å². The lowest BCUT2D eigenvalue weighted by atomic mass is 10.1. The number of hydrogen-bond acceptors (Lipinski definition) is 9. The standard InChI is InChI=1S/C25H21N5O7/c1-3-14(4-2)28-21(31)15-8-5-9-16(19(15)22(28)32)26-27-20-23(33)29(17-10-6-12-36-17)25(35)30(24(20)34)18-11-7-13-37-18/h5-14,33H,3-4H2,1-2H3. The SMILES string of the molecule is CCC(CC)N1C(=O)c2cccc(N=Nc3c(O)n(-c4ccco4)c(=O)n(-c4ccco4)c3=O)c2C1=O. The van der Waals surface area contributed by atoms with Gasteiger partial charge in [0.15, 0.2) is 0 Å². The molecule has 12 nitrogen and oxygen atoms in total. The Kier molecular flexibility index (Phi) is 5.91. The van der Waals surface area contributed by atoms with E-state index in [4.69, 9.17) is 8.83 Å². The lowest BCUT2D eigenvalue weighted by Gasteiger charge is -2.23. The highest BCUT2D eigenvalue weighted by molar-refractivity contribution is 6.23. The molecule has 1 aromatic carbocycles. The maximum Gasteiger partial charge on any atom is 0.348 e. The van der Waals surface area contributed by atoms with Crippen molar-refractivity contribution < 1.29 is 23.5 Å². The molecule has 3 aromatic heterocycles. The van der Waals surface area contributed by atoms with Crippen LogP contribution < -0.4 is 11.2 Å². The highest BCUT2D eigenvalue weighted by Crippen LogP contribution is 2.35. The van der Waals surface area contributed by atoms with Crippen LogP contribution in [0.1, 0.15) is 47.4 Å². The smallest absolute Gasteiger partial charge is 0.348 e. The van der Waals surface area contributed by atoms with E-state index in [0.29, 0.717) is 17.4 Å². The summed E-state index contributed by atoms with van der Waals surface area (Å²) in [6, 6.07) is 10.0. The van der Waals surface area contributed by atoms with E-state index in [1.807, 2.05) is 13.8 Å². The molecule has 188 valence electrons. The van der Waals surface area contributed by atoms with Gasteiger partial charge in [-0.3, -0.25) is 19.3 Å². The number of benzene rings is 1. The number of fused-ring (bicyclic) bond motifs is 1. The van der Waals surface area contributed by atoms with Gasteiger partial charge in [-0.05, 0) is 37.1 Å². The topological polar surface area (TPSA) is 153 Å². The van der Waals surface area contributed by atoms with Gasteiger partial charge in [0.05, 0.1) is 29.3 Å². The summed E-state index contributed by atoms with van der Waals surface area (Å²) >= 11 is 0. The first-order valence-corrected chi connectivity index (χ1v) is 11.5. The number of furan rings is 2. The van der Waals surface area contributed by atoms with Crippen molar-refractivity contribution in [2.75, 3.05) is 0 Å². The molecule has 0 atom stereocenters. The summed E-state index contributed by atoms with van der Waals surface area (Å²) < 4.78 is 11.9. The van der Waals surface area contributed by atoms with E-state index in [0.717, 1.165) is 4.57 Å². The Hall–Kier alpha value is -5.00. The summed E-state index contributed by atoms with van der Waals surface area (Å²) in [4.78, 5) is 53.7. The van der Waals surface area contributed by atoms with Gasteiger partial charge in [-0.1, -0.05) is 19.9 Å². The van der Waals surface area contributed by atoms with Crippen molar-refractivity contribution in [1.29, 1.82) is 0 Å². The second-order valence-corrected chi connectivity index (χ2v) is 8.18. The average Bonchev–Trinajstić information content (AvgIpc) is 3.65. The Morgan fingerprint density at radius 2 is 1.49 bits per heavy atom. The molecular weight excluding hydrogens is 482 g/mol. The maximum atomic E-state index is 13.2. The second-order valence-electron chi connectivity index (χ2n) is 8.18. The van der Waals surface area contributed by atoms with Gasteiger partial charge in [-0.2, -0.15) is 9.13 Å². The largest absolute Gasteiger partial charge is 0.492 e. The van der Waals surface area contributed by atoms with E-state index < -0.39 is 34.6 Å². The molecular formula is C25H21N5O7. The molecule has 0 aliphatic carbocycles. The fraction of sp³-hybridized carbons (Fsp3) is 0.200. The zero-order chi connectivity index (χ0) is 26.3. The summed E-state index contributed by atoms with van der Waals surface area (Å²) in [5.41, 5.74) is -2.34. The van der Waals surface area contributed by atoms with Crippen molar-refractivity contribution in [3.63, 3.8) is 0 Å². The lowest BCUT2D eigenvalue weighted by molar-refractivity contribution is 0.0576. The van der Waals surface area contributed by atoms with E-state index in [2.05, 4.69) is 10.2 Å². The minimum Gasteiger partial charge on any atom is -0.492 e. The van der Waals surface area contributed by atoms with Crippen molar-refractivity contribution in [3.05, 3.63) is 87.0 Å². The molecule has 2 amide bonds. The van der Waals surface area contributed by atoms with Crippen LogP contribution in [0.4, 0.5) is 11.4 Å². The molecule has 0 saturated heterocycles. The van der Waals surface area contributed by atoms with Crippen LogP contribution in [0.2, 0.25) is 0 Å². The maximum absolute atomic E-state index is 13.2. The Bertz CT molecular complexity index is 1640. The number of azo groups is 1. The number of imide groups is 1. The van der Waals surface area contributed by atoms with Crippen LogP contribution in [0.25, 0.3) is 11.8 Å². The Labute approximate surface area is 208 Å². The van der Waals surface area contributed by atoms with Gasteiger partial charge < -0.3 is 13.9 Å². The van der Waals surface area contributed by atoms with E-state index in [1.54, 1.807) is 6.07 Å². The number of aromatic nitrogens is 2. The highest BCUT2D eigenvalue weighted by atomic mass is 16.4. The first-order valence-electron chi connectivity index (χ1n) is 11.5. The number of rotatable bonds is 7. The number of carbonyl (C=O) groups excluding carboxylic acids is 2. The molecule has 0 saturated carbocycles. The quantitative estimate of drug-likeness (QED) is 0.294. The third kappa shape index (κ3) is 3.69. The van der Waals surface area contributed by atoms with Crippen molar-refractivity contribution in [2.45, 2.75) is 32.7 Å². The molecule has 0 unspecified atom stereocenters. The Morgan fingerprint density at radius 1 is 0.838 bits per heavy atom. The minimum absolute atomic E-state index is 0.0309. The Morgan fingerprint density at radius 3 is 2.08 bits per heavy atom. The zero-order valence-corrected chi connectivity index (χ0v) is 19.8. The monoisotopic (exact) mass is 503 g/mol. The van der Waals surface area contributed by atoms with Gasteiger partial charge >= 0.3 is 5.69 Å². The molecule has 1 aliphatic rings. The molecule has 12 heteroatoms. The van der Waals surface area contributed by atoms with Gasteiger partial charge in [0.1, 0.15) is 0 Å². The second kappa shape index (κ2) is 9.22. The first-order chi connectivity index (χ1) is 17.9. The summed E-state index contributed by atoms with van der Waals surface area (Å²) in [5, 5.41) is 18.8. The fourth-order valence-corrected chi connectivity index (χ4v) is 4.32. The number of aromatic hydroxyl groups is 1. The zero-order valence-electron chi connectivity index (χ0n) is 19.8. The molecule has 0 spiro atoms. The molecule has 1 aliphatic heterocycles. The summed E-state index contributed by atoms with van der Waals surface area (Å²) in [5.74, 6) is -1.97. The van der Waals surface area contributed by atoms with Crippen LogP contribution in [0.15, 0.2) is 83.6 Å². The number of hydrogen-bond donors (Lipinski definition) is 1. The van der Waals surface area contributed by atoms with Gasteiger partial charge in [0.25, 0.3) is 17.4 Å². The fourth-order valence-electron chi connectivity index (χ4n) is 4.32. The number of amides is 2. The van der Waals surface area contributed by atoms with E-state index in [9.17, 15) is 24.3 Å². The van der Waals surface area contributed by atoms with Crippen LogP contribution in [0.3, 0.4) is 0 Å². The van der Waals surface area contributed by atoms with Gasteiger partial charge in [-0.25, -0.2) is 4.79 Å². The summed E-state index contributed by atoms with van der Waals surface area (Å²) in [6.45, 7) is 3.78. The molecule has 1 N–H and O–H groups in total. The molecule has 5 rings (SSSR count). The molecule has 0 fully saturated rings. The van der Waals surface area contributed by atoms with Crippen LogP contribution in [-0.2, 0) is 0 Å². The van der Waals surface area contributed by atoms with Crippen molar-refractivity contribution >= 4 is 23.2 Å². The van der Waals surface area contributed by atoms with Gasteiger partial charge in [0.2, 0.25) is 23.3 Å². The number of nitrogens with zero attached hydrogens (tertiary/aromatic N) is 5.